The molecule has 0 radical (unpaired) electrons. The average molecular weight is 240 g/mol. The minimum absolute atomic E-state index is 0.747. The normalized spacial score (nSPS) is 27.4. The third-order valence-electron chi connectivity index (χ3n) is 4.32. The first kappa shape index (κ1) is 15.0. The van der Waals surface area contributed by atoms with Gasteiger partial charge in [0.05, 0.1) is 0 Å². The number of hydrogen-bond acceptors (Lipinski definition) is 2. The monoisotopic (exact) mass is 240 g/mol. The maximum absolute atomic E-state index is 3.73. The van der Waals surface area contributed by atoms with Gasteiger partial charge in [-0.25, -0.2) is 0 Å². The molecular weight excluding hydrogens is 208 g/mol. The van der Waals surface area contributed by atoms with Gasteiger partial charge in [-0.15, -0.1) is 0 Å². The third-order valence-corrected chi connectivity index (χ3v) is 4.32. The summed E-state index contributed by atoms with van der Waals surface area (Å²) in [6, 6.07) is 0.747. The van der Waals surface area contributed by atoms with E-state index in [1.807, 2.05) is 0 Å². The van der Waals surface area contributed by atoms with Crippen molar-refractivity contribution in [2.24, 2.45) is 11.8 Å². The van der Waals surface area contributed by atoms with Crippen LogP contribution >= 0.6 is 0 Å². The molecule has 0 bridgehead atoms. The topological polar surface area (TPSA) is 15.3 Å². The summed E-state index contributed by atoms with van der Waals surface area (Å²) in [7, 11) is 4.36. The molecule has 1 rings (SSSR count). The van der Waals surface area contributed by atoms with E-state index in [-0.39, 0.29) is 0 Å². The van der Waals surface area contributed by atoms with E-state index in [1.165, 1.54) is 45.1 Å². The van der Waals surface area contributed by atoms with Crippen molar-refractivity contribution < 1.29 is 0 Å². The predicted molar refractivity (Wildman–Crippen MR) is 76.4 cm³/mol. The number of hydrogen-bond donors (Lipinski definition) is 1. The van der Waals surface area contributed by atoms with E-state index in [0.717, 1.165) is 24.4 Å². The summed E-state index contributed by atoms with van der Waals surface area (Å²) < 4.78 is 0. The van der Waals surface area contributed by atoms with E-state index in [9.17, 15) is 0 Å². The summed E-state index contributed by atoms with van der Waals surface area (Å²) in [5, 5.41) is 3.73. The van der Waals surface area contributed by atoms with Crippen LogP contribution in [0.1, 0.15) is 52.4 Å². The molecule has 0 saturated heterocycles. The summed E-state index contributed by atoms with van der Waals surface area (Å²) in [5.74, 6) is 1.92. The fourth-order valence-electron chi connectivity index (χ4n) is 3.23. The fraction of sp³-hybridized carbons (Fsp3) is 1.00. The van der Waals surface area contributed by atoms with Gasteiger partial charge in [-0.3, -0.25) is 0 Å². The van der Waals surface area contributed by atoms with Gasteiger partial charge in [0, 0.05) is 6.04 Å². The first-order chi connectivity index (χ1) is 8.17. The highest BCUT2D eigenvalue weighted by atomic mass is 15.1. The lowest BCUT2D eigenvalue weighted by molar-refractivity contribution is 0.194. The standard InChI is InChI=1S/C15H32N2/c1-5-13-8-7-9-14(12-13)15(16-6-2)10-11-17(3)4/h13-16H,5-12H2,1-4H3. The zero-order chi connectivity index (χ0) is 12.7. The quantitative estimate of drug-likeness (QED) is 0.735. The van der Waals surface area contributed by atoms with Crippen LogP contribution in [0.25, 0.3) is 0 Å². The van der Waals surface area contributed by atoms with Crippen molar-refractivity contribution in [1.29, 1.82) is 0 Å². The predicted octanol–water partition coefficient (Wildman–Crippen LogP) is 3.13. The minimum atomic E-state index is 0.747. The summed E-state index contributed by atoms with van der Waals surface area (Å²) >= 11 is 0. The number of rotatable bonds is 7. The average Bonchev–Trinajstić information content (AvgIpc) is 2.34. The van der Waals surface area contributed by atoms with Crippen molar-refractivity contribution in [1.82, 2.24) is 10.2 Å². The Balaban J connectivity index is 2.44. The molecule has 2 heteroatoms. The SMILES string of the molecule is CCNC(CCN(C)C)C1CCCC(CC)C1. The molecule has 1 saturated carbocycles. The highest BCUT2D eigenvalue weighted by Gasteiger charge is 2.26. The lowest BCUT2D eigenvalue weighted by Crippen LogP contribution is -2.40. The molecule has 0 amide bonds. The number of nitrogens with one attached hydrogen (secondary N) is 1. The molecule has 1 aliphatic rings. The molecule has 102 valence electrons. The lowest BCUT2D eigenvalue weighted by atomic mass is 9.76. The van der Waals surface area contributed by atoms with Gasteiger partial charge in [0.25, 0.3) is 0 Å². The van der Waals surface area contributed by atoms with E-state index in [2.05, 4.69) is 38.2 Å². The molecule has 3 unspecified atom stereocenters. The van der Waals surface area contributed by atoms with E-state index in [0.29, 0.717) is 0 Å². The Morgan fingerprint density at radius 1 is 1.24 bits per heavy atom. The molecule has 1 fully saturated rings. The van der Waals surface area contributed by atoms with Crippen LogP contribution < -0.4 is 5.32 Å². The molecular formula is C15H32N2. The fourth-order valence-corrected chi connectivity index (χ4v) is 3.23. The Hall–Kier alpha value is -0.0800. The Labute approximate surface area is 108 Å². The van der Waals surface area contributed by atoms with Gasteiger partial charge in [0.2, 0.25) is 0 Å². The molecule has 1 N–H and O–H groups in total. The zero-order valence-electron chi connectivity index (χ0n) is 12.3. The van der Waals surface area contributed by atoms with Crippen molar-refractivity contribution in [2.75, 3.05) is 27.2 Å². The Bertz CT molecular complexity index is 191. The molecule has 3 atom stereocenters. The highest BCUT2D eigenvalue weighted by molar-refractivity contribution is 4.82. The highest BCUT2D eigenvalue weighted by Crippen LogP contribution is 2.33. The van der Waals surface area contributed by atoms with Crippen LogP contribution in [-0.4, -0.2) is 38.1 Å². The van der Waals surface area contributed by atoms with Gasteiger partial charge in [-0.1, -0.05) is 33.1 Å². The summed E-state index contributed by atoms with van der Waals surface area (Å²) in [6.45, 7) is 6.92. The van der Waals surface area contributed by atoms with Crippen LogP contribution in [0.5, 0.6) is 0 Å². The third kappa shape index (κ3) is 5.39. The van der Waals surface area contributed by atoms with Crippen molar-refractivity contribution >= 4 is 0 Å². The van der Waals surface area contributed by atoms with Crippen LogP contribution in [0.15, 0.2) is 0 Å². The van der Waals surface area contributed by atoms with Crippen molar-refractivity contribution in [2.45, 2.75) is 58.4 Å². The van der Waals surface area contributed by atoms with Crippen LogP contribution in [0.3, 0.4) is 0 Å². The summed E-state index contributed by atoms with van der Waals surface area (Å²) in [6.07, 6.45) is 8.51. The second kappa shape index (κ2) is 8.10. The Kier molecular flexibility index (Phi) is 7.14. The first-order valence-electron chi connectivity index (χ1n) is 7.55. The van der Waals surface area contributed by atoms with Crippen LogP contribution in [-0.2, 0) is 0 Å². The van der Waals surface area contributed by atoms with Crippen LogP contribution in [0.4, 0.5) is 0 Å². The lowest BCUT2D eigenvalue weighted by Gasteiger charge is -2.35. The first-order valence-corrected chi connectivity index (χ1v) is 7.55. The van der Waals surface area contributed by atoms with E-state index in [4.69, 9.17) is 0 Å². The minimum Gasteiger partial charge on any atom is -0.314 e. The Morgan fingerprint density at radius 3 is 2.59 bits per heavy atom. The second-order valence-corrected chi connectivity index (χ2v) is 5.96. The van der Waals surface area contributed by atoms with Gasteiger partial charge in [-0.2, -0.15) is 0 Å². The van der Waals surface area contributed by atoms with Gasteiger partial charge >= 0.3 is 0 Å². The van der Waals surface area contributed by atoms with E-state index in [1.54, 1.807) is 0 Å². The van der Waals surface area contributed by atoms with Gasteiger partial charge in [0.1, 0.15) is 0 Å². The maximum Gasteiger partial charge on any atom is 0.0107 e. The largest absolute Gasteiger partial charge is 0.314 e. The molecule has 0 heterocycles. The van der Waals surface area contributed by atoms with Gasteiger partial charge in [-0.05, 0) is 58.3 Å². The van der Waals surface area contributed by atoms with E-state index < -0.39 is 0 Å². The van der Waals surface area contributed by atoms with Crippen molar-refractivity contribution in [3.63, 3.8) is 0 Å². The summed E-state index contributed by atoms with van der Waals surface area (Å²) in [5.41, 5.74) is 0. The van der Waals surface area contributed by atoms with Crippen LogP contribution in [0.2, 0.25) is 0 Å². The Morgan fingerprint density at radius 2 is 2.00 bits per heavy atom. The molecule has 0 aromatic heterocycles. The smallest absolute Gasteiger partial charge is 0.0107 e. The second-order valence-electron chi connectivity index (χ2n) is 5.96. The van der Waals surface area contributed by atoms with Crippen molar-refractivity contribution in [3.8, 4) is 0 Å². The van der Waals surface area contributed by atoms with Crippen molar-refractivity contribution in [3.05, 3.63) is 0 Å². The molecule has 0 aromatic carbocycles. The van der Waals surface area contributed by atoms with Gasteiger partial charge in [0.15, 0.2) is 0 Å². The molecule has 1 aliphatic carbocycles. The van der Waals surface area contributed by atoms with Gasteiger partial charge < -0.3 is 10.2 Å². The molecule has 17 heavy (non-hydrogen) atoms. The van der Waals surface area contributed by atoms with E-state index >= 15 is 0 Å². The van der Waals surface area contributed by atoms with Crippen LogP contribution in [0, 0.1) is 11.8 Å². The molecule has 0 aromatic rings. The molecule has 0 aliphatic heterocycles. The zero-order valence-corrected chi connectivity index (χ0v) is 12.3. The molecule has 0 spiro atoms. The summed E-state index contributed by atoms with van der Waals surface area (Å²) in [4.78, 5) is 2.31. The maximum atomic E-state index is 3.73. The number of nitrogens with zero attached hydrogens (tertiary/aromatic N) is 1. The molecule has 2 nitrogen and oxygen atoms in total.